The van der Waals surface area contributed by atoms with Crippen LogP contribution in [0.25, 0.3) is 6.08 Å². The van der Waals surface area contributed by atoms with E-state index in [4.69, 9.17) is 23.2 Å². The molecule has 0 saturated heterocycles. The van der Waals surface area contributed by atoms with Gasteiger partial charge in [-0.1, -0.05) is 59.6 Å². The monoisotopic (exact) mass is 275 g/mol. The molecule has 0 spiro atoms. The Labute approximate surface area is 116 Å². The summed E-state index contributed by atoms with van der Waals surface area (Å²) in [7, 11) is 0. The van der Waals surface area contributed by atoms with Gasteiger partial charge >= 0.3 is 0 Å². The third-order valence-corrected chi connectivity index (χ3v) is 2.85. The fourth-order valence-electron chi connectivity index (χ4n) is 1.43. The first-order valence-electron chi connectivity index (χ1n) is 5.46. The predicted molar refractivity (Wildman–Crippen MR) is 80.1 cm³/mol. The van der Waals surface area contributed by atoms with E-state index in [1.54, 1.807) is 24.4 Å². The molecule has 0 aliphatic heterocycles. The van der Waals surface area contributed by atoms with E-state index in [0.29, 0.717) is 15.7 Å². The zero-order valence-electron chi connectivity index (χ0n) is 9.55. The summed E-state index contributed by atoms with van der Waals surface area (Å²) in [5.74, 6) is 0. The summed E-state index contributed by atoms with van der Waals surface area (Å²) in [6.45, 7) is 0. The van der Waals surface area contributed by atoms with E-state index in [1.807, 2.05) is 42.5 Å². The highest BCUT2D eigenvalue weighted by atomic mass is 35.5. The number of halogens is 2. The van der Waals surface area contributed by atoms with Gasteiger partial charge in [0, 0.05) is 11.2 Å². The smallest absolute Gasteiger partial charge is 0.0830 e. The number of hydrogen-bond acceptors (Lipinski definition) is 1. The average Bonchev–Trinajstić information content (AvgIpc) is 2.40. The van der Waals surface area contributed by atoms with Crippen LogP contribution in [0.1, 0.15) is 5.56 Å². The maximum Gasteiger partial charge on any atom is 0.0830 e. The fraction of sp³-hybridized carbons (Fsp3) is 0. The third-order valence-electron chi connectivity index (χ3n) is 2.30. The molecule has 0 fully saturated rings. The lowest BCUT2D eigenvalue weighted by atomic mass is 10.2. The molecule has 0 radical (unpaired) electrons. The van der Waals surface area contributed by atoms with Crippen LogP contribution in [0.2, 0.25) is 10.0 Å². The topological polar surface area (TPSA) is 12.4 Å². The number of allylic oxidation sites excluding steroid dienone is 1. The van der Waals surface area contributed by atoms with Gasteiger partial charge in [0.05, 0.1) is 10.7 Å². The van der Waals surface area contributed by atoms with E-state index in [2.05, 4.69) is 4.99 Å². The van der Waals surface area contributed by atoms with Gasteiger partial charge in [-0.25, -0.2) is 0 Å². The standard InChI is InChI=1S/C15H11Cl2N/c16-13-8-9-14(17)15(11-13)18-10-4-7-12-5-2-1-3-6-12/h1-11H/b7-4+,18-10?. The van der Waals surface area contributed by atoms with Crippen molar-refractivity contribution in [2.45, 2.75) is 0 Å². The van der Waals surface area contributed by atoms with Crippen LogP contribution in [0.15, 0.2) is 59.6 Å². The normalized spacial score (nSPS) is 11.4. The van der Waals surface area contributed by atoms with Gasteiger partial charge in [-0.15, -0.1) is 0 Å². The number of aliphatic imine (C=N–C) groups is 1. The van der Waals surface area contributed by atoms with E-state index in [0.717, 1.165) is 5.56 Å². The molecule has 18 heavy (non-hydrogen) atoms. The van der Waals surface area contributed by atoms with Crippen LogP contribution < -0.4 is 0 Å². The lowest BCUT2D eigenvalue weighted by molar-refractivity contribution is 1.54. The van der Waals surface area contributed by atoms with Gasteiger partial charge < -0.3 is 0 Å². The number of rotatable bonds is 3. The molecule has 0 N–H and O–H groups in total. The number of nitrogens with zero attached hydrogens (tertiary/aromatic N) is 1. The third kappa shape index (κ3) is 3.73. The quantitative estimate of drug-likeness (QED) is 0.665. The van der Waals surface area contributed by atoms with Crippen LogP contribution in [0, 0.1) is 0 Å². The molecule has 2 aromatic rings. The average molecular weight is 276 g/mol. The van der Waals surface area contributed by atoms with Gasteiger partial charge in [-0.3, -0.25) is 4.99 Å². The van der Waals surface area contributed by atoms with Crippen molar-refractivity contribution < 1.29 is 0 Å². The van der Waals surface area contributed by atoms with Crippen LogP contribution >= 0.6 is 23.2 Å². The first-order valence-corrected chi connectivity index (χ1v) is 6.22. The van der Waals surface area contributed by atoms with Crippen LogP contribution in [-0.4, -0.2) is 6.21 Å². The minimum atomic E-state index is 0.587. The van der Waals surface area contributed by atoms with E-state index in [1.165, 1.54) is 0 Å². The molecule has 0 aliphatic rings. The van der Waals surface area contributed by atoms with Crippen LogP contribution in [0.5, 0.6) is 0 Å². The molecule has 90 valence electrons. The molecule has 0 amide bonds. The molecule has 3 heteroatoms. The molecule has 0 aromatic heterocycles. The molecular formula is C15H11Cl2N. The molecule has 0 bridgehead atoms. The van der Waals surface area contributed by atoms with Crippen molar-refractivity contribution >= 4 is 41.2 Å². The molecule has 0 saturated carbocycles. The summed E-state index contributed by atoms with van der Waals surface area (Å²) in [5.41, 5.74) is 1.79. The Hall–Kier alpha value is -1.57. The molecule has 0 unspecified atom stereocenters. The number of benzene rings is 2. The fourth-order valence-corrected chi connectivity index (χ4v) is 1.76. The van der Waals surface area contributed by atoms with Gasteiger partial charge in [-0.2, -0.15) is 0 Å². The second-order valence-corrected chi connectivity index (χ2v) is 4.49. The van der Waals surface area contributed by atoms with E-state index in [-0.39, 0.29) is 0 Å². The Balaban J connectivity index is 2.08. The maximum absolute atomic E-state index is 6.00. The highest BCUT2D eigenvalue weighted by Crippen LogP contribution is 2.27. The zero-order valence-corrected chi connectivity index (χ0v) is 11.1. The second-order valence-electron chi connectivity index (χ2n) is 3.64. The molecular weight excluding hydrogens is 265 g/mol. The van der Waals surface area contributed by atoms with Crippen LogP contribution in [0.4, 0.5) is 5.69 Å². The maximum atomic E-state index is 6.00. The summed E-state index contributed by atoms with van der Waals surface area (Å²) in [5, 5.41) is 1.21. The Kier molecular flexibility index (Phi) is 4.57. The Morgan fingerprint density at radius 2 is 1.72 bits per heavy atom. The molecule has 0 atom stereocenters. The Bertz CT molecular complexity index is 574. The molecule has 1 nitrogen and oxygen atoms in total. The predicted octanol–water partition coefficient (Wildman–Crippen LogP) is 5.41. The summed E-state index contributed by atoms with van der Waals surface area (Å²) in [6.07, 6.45) is 5.54. The Morgan fingerprint density at radius 1 is 0.944 bits per heavy atom. The minimum Gasteiger partial charge on any atom is -0.255 e. The van der Waals surface area contributed by atoms with E-state index < -0.39 is 0 Å². The van der Waals surface area contributed by atoms with Crippen molar-refractivity contribution in [1.29, 1.82) is 0 Å². The minimum absolute atomic E-state index is 0.587. The number of hydrogen-bond donors (Lipinski definition) is 0. The van der Waals surface area contributed by atoms with Gasteiger partial charge in [0.25, 0.3) is 0 Å². The largest absolute Gasteiger partial charge is 0.255 e. The van der Waals surface area contributed by atoms with Crippen molar-refractivity contribution in [3.05, 3.63) is 70.2 Å². The first kappa shape index (κ1) is 12.9. The lowest BCUT2D eigenvalue weighted by Gasteiger charge is -1.97. The Morgan fingerprint density at radius 3 is 2.50 bits per heavy atom. The van der Waals surface area contributed by atoms with Crippen molar-refractivity contribution in [3.8, 4) is 0 Å². The van der Waals surface area contributed by atoms with Gasteiger partial charge in [0.15, 0.2) is 0 Å². The molecule has 0 heterocycles. The van der Waals surface area contributed by atoms with Crippen molar-refractivity contribution in [2.24, 2.45) is 4.99 Å². The van der Waals surface area contributed by atoms with Crippen molar-refractivity contribution in [3.63, 3.8) is 0 Å². The summed E-state index contributed by atoms with van der Waals surface area (Å²) in [6, 6.07) is 15.2. The van der Waals surface area contributed by atoms with E-state index >= 15 is 0 Å². The van der Waals surface area contributed by atoms with Crippen molar-refractivity contribution in [1.82, 2.24) is 0 Å². The summed E-state index contributed by atoms with van der Waals surface area (Å²) >= 11 is 11.9. The summed E-state index contributed by atoms with van der Waals surface area (Å²) in [4.78, 5) is 4.25. The highest BCUT2D eigenvalue weighted by molar-refractivity contribution is 6.35. The molecule has 2 rings (SSSR count). The second kappa shape index (κ2) is 6.39. The van der Waals surface area contributed by atoms with Crippen LogP contribution in [0.3, 0.4) is 0 Å². The highest BCUT2D eigenvalue weighted by Gasteiger charge is 1.97. The summed E-state index contributed by atoms with van der Waals surface area (Å²) < 4.78 is 0. The SMILES string of the molecule is Clc1ccc(Cl)c(N=C/C=C/c2ccccc2)c1. The van der Waals surface area contributed by atoms with Crippen molar-refractivity contribution in [2.75, 3.05) is 0 Å². The first-order chi connectivity index (χ1) is 8.75. The van der Waals surface area contributed by atoms with Gasteiger partial charge in [-0.05, 0) is 29.8 Å². The zero-order chi connectivity index (χ0) is 12.8. The van der Waals surface area contributed by atoms with Gasteiger partial charge in [0.1, 0.15) is 0 Å². The molecule has 0 aliphatic carbocycles. The lowest BCUT2D eigenvalue weighted by Crippen LogP contribution is -1.72. The van der Waals surface area contributed by atoms with E-state index in [9.17, 15) is 0 Å². The van der Waals surface area contributed by atoms with Gasteiger partial charge in [0.2, 0.25) is 0 Å². The molecule has 2 aromatic carbocycles. The van der Waals surface area contributed by atoms with Crippen LogP contribution in [-0.2, 0) is 0 Å².